The smallest absolute Gasteiger partial charge is 0.296 e. The van der Waals surface area contributed by atoms with Gasteiger partial charge in [0.1, 0.15) is 20.5 Å². The van der Waals surface area contributed by atoms with Gasteiger partial charge in [-0.05, 0) is 68.3 Å². The second kappa shape index (κ2) is 15.0. The molecule has 0 saturated carbocycles. The van der Waals surface area contributed by atoms with E-state index < -0.39 is 42.9 Å². The van der Waals surface area contributed by atoms with E-state index in [9.17, 15) is 35.5 Å². The molecule has 1 aromatic heterocycles. The molecule has 222 valence electrons. The van der Waals surface area contributed by atoms with E-state index in [0.717, 1.165) is 24.3 Å². The minimum atomic E-state index is -4.54. The number of anilines is 1. The van der Waals surface area contributed by atoms with Crippen LogP contribution in [0.1, 0.15) is 18.1 Å². The summed E-state index contributed by atoms with van der Waals surface area (Å²) < 4.78 is 71.5. The van der Waals surface area contributed by atoms with Crippen molar-refractivity contribution < 1.29 is 40.3 Å². The summed E-state index contributed by atoms with van der Waals surface area (Å²) in [4.78, 5) is 29.0. The maximum absolute atomic E-state index is 12.9. The van der Waals surface area contributed by atoms with Gasteiger partial charge in [-0.15, -0.1) is 11.3 Å². The number of Topliss-reactive ketones (excluding diaryl/α,β-unsaturated/α-hetero) is 1. The molecular weight excluding hydrogens is 654 g/mol. The summed E-state index contributed by atoms with van der Waals surface area (Å²) in [5.74, 6) is -1.53. The largest absolute Gasteiger partial charge is 0.495 e. The molecule has 0 aliphatic rings. The third-order valence-corrected chi connectivity index (χ3v) is 9.34. The molecule has 0 saturated heterocycles. The number of ether oxygens (including phenoxy) is 1. The van der Waals surface area contributed by atoms with Crippen molar-refractivity contribution in [2.45, 2.75) is 36.6 Å². The van der Waals surface area contributed by atoms with Crippen LogP contribution in [0.2, 0.25) is 0 Å². The summed E-state index contributed by atoms with van der Waals surface area (Å²) in [7, 11) is -7.75. The van der Waals surface area contributed by atoms with Crippen LogP contribution in [0.25, 0.3) is 20.8 Å². The van der Waals surface area contributed by atoms with Gasteiger partial charge in [-0.25, -0.2) is 4.98 Å². The average Bonchev–Trinajstić information content (AvgIpc) is 3.31. The van der Waals surface area contributed by atoms with Crippen LogP contribution in [0.5, 0.6) is 5.75 Å². The molecule has 0 aliphatic heterocycles. The molecule has 3 aromatic carbocycles. The first kappa shape index (κ1) is 38.1. The number of rotatable bonds is 9. The number of methoxy groups -OCH3 is 1. The molecular formula is C26H24N4Na2O9S3. The second-order valence-electron chi connectivity index (χ2n) is 9.11. The van der Waals surface area contributed by atoms with E-state index in [4.69, 9.17) is 4.74 Å². The molecule has 1 unspecified atom stereocenters. The first-order chi connectivity index (χ1) is 19.6. The van der Waals surface area contributed by atoms with Gasteiger partial charge in [0.25, 0.3) is 26.1 Å². The van der Waals surface area contributed by atoms with E-state index in [1.54, 1.807) is 43.3 Å². The Morgan fingerprint density at radius 3 is 2.14 bits per heavy atom. The maximum atomic E-state index is 12.9. The van der Waals surface area contributed by atoms with Crippen molar-refractivity contribution in [1.29, 1.82) is 0 Å². The van der Waals surface area contributed by atoms with E-state index in [1.807, 2.05) is 0 Å². The van der Waals surface area contributed by atoms with Crippen molar-refractivity contribution in [3.63, 3.8) is 0 Å². The molecule has 0 fully saturated rings. The summed E-state index contributed by atoms with van der Waals surface area (Å²) in [5, 5.41) is 10.9. The zero-order valence-corrected chi connectivity index (χ0v) is 31.0. The quantitative estimate of drug-likeness (QED) is 0.101. The third kappa shape index (κ3) is 8.58. The van der Waals surface area contributed by atoms with Crippen LogP contribution in [-0.2, 0) is 29.8 Å². The Morgan fingerprint density at radius 1 is 0.955 bits per heavy atom. The molecule has 0 aliphatic carbocycles. The molecule has 4 aromatic rings. The first-order valence-electron chi connectivity index (χ1n) is 12.0. The predicted octanol–water partition coefficient (Wildman–Crippen LogP) is 4.00. The number of amides is 1. The van der Waals surface area contributed by atoms with E-state index in [1.165, 1.54) is 20.1 Å². The number of carbonyl (C=O) groups excluding carboxylic acids is 2. The molecule has 0 bridgehead atoms. The van der Waals surface area contributed by atoms with Crippen molar-refractivity contribution in [3.8, 4) is 16.3 Å². The van der Waals surface area contributed by atoms with Crippen molar-refractivity contribution in [1.82, 2.24) is 4.98 Å². The average molecular weight is 679 g/mol. The number of nitrogens with one attached hydrogen (secondary N) is 1. The zero-order valence-electron chi connectivity index (χ0n) is 24.5. The van der Waals surface area contributed by atoms with Crippen LogP contribution in [0.4, 0.5) is 11.4 Å². The normalized spacial score (nSPS) is 12.3. The van der Waals surface area contributed by atoms with Gasteiger partial charge < -0.3 is 10.1 Å². The van der Waals surface area contributed by atoms with Gasteiger partial charge in [-0.1, -0.05) is 6.07 Å². The molecule has 2 radical (unpaired) electrons. The van der Waals surface area contributed by atoms with E-state index >= 15 is 0 Å². The predicted molar refractivity (Wildman–Crippen MR) is 166 cm³/mol. The molecule has 3 N–H and O–H groups in total. The van der Waals surface area contributed by atoms with Gasteiger partial charge in [0.2, 0.25) is 6.04 Å². The van der Waals surface area contributed by atoms with Gasteiger partial charge in [-0.3, -0.25) is 18.7 Å². The Labute approximate surface area is 301 Å². The number of aromatic nitrogens is 1. The van der Waals surface area contributed by atoms with Crippen LogP contribution in [0.15, 0.2) is 68.6 Å². The van der Waals surface area contributed by atoms with Crippen LogP contribution < -0.4 is 10.1 Å². The number of hydrogen-bond acceptors (Lipinski definition) is 11. The minimum absolute atomic E-state index is 0. The Morgan fingerprint density at radius 2 is 1.59 bits per heavy atom. The topological polar surface area (TPSA) is 202 Å². The summed E-state index contributed by atoms with van der Waals surface area (Å²) >= 11 is 1.10. The summed E-state index contributed by atoms with van der Waals surface area (Å²) in [5.41, 5.74) is 1.93. The maximum Gasteiger partial charge on any atom is 0.296 e. The van der Waals surface area contributed by atoms with Crippen molar-refractivity contribution in [3.05, 3.63) is 59.7 Å². The van der Waals surface area contributed by atoms with Gasteiger partial charge in [0.05, 0.1) is 28.7 Å². The fourth-order valence-corrected chi connectivity index (χ4v) is 7.08. The number of thiazole rings is 1. The van der Waals surface area contributed by atoms with Crippen molar-refractivity contribution >= 4 is 124 Å². The molecule has 1 atom stereocenters. The van der Waals surface area contributed by atoms with Crippen LogP contribution in [0.3, 0.4) is 0 Å². The molecule has 0 spiro atoms. The molecule has 1 amide bonds. The number of nitrogens with zero attached hydrogens (tertiary/aromatic N) is 3. The minimum Gasteiger partial charge on any atom is -0.495 e. The number of ketones is 1. The number of fused-ring (bicyclic) bond motifs is 1. The summed E-state index contributed by atoms with van der Waals surface area (Å²) in [6, 6.07) is 10.4. The first-order valence-corrected chi connectivity index (χ1v) is 15.7. The standard InChI is InChI=1S/C26H24N4O9S3.2Na/c1-13-5-10-18-23(24(13)42(36,37)38)40-26(28-18)16-6-8-17(9-7-16)29-30-22(15(3)31)25(32)27-19-11-14(2)21(41(33,34)35)12-20(19)39-4;;/h5-12,22H,1-4H3,(H,27,32)(H,33,34,35)(H,36,37,38);;. The van der Waals surface area contributed by atoms with Crippen molar-refractivity contribution in [2.75, 3.05) is 12.4 Å². The van der Waals surface area contributed by atoms with Crippen LogP contribution in [-0.4, -0.2) is 115 Å². The van der Waals surface area contributed by atoms with Gasteiger partial charge in [0, 0.05) is 70.7 Å². The number of hydrogen-bond donors (Lipinski definition) is 3. The van der Waals surface area contributed by atoms with Crippen LogP contribution >= 0.6 is 11.3 Å². The Bertz CT molecular complexity index is 1980. The number of aryl methyl sites for hydroxylation is 2. The number of carbonyl (C=O) groups is 2. The van der Waals surface area contributed by atoms with Gasteiger partial charge in [0.15, 0.2) is 5.78 Å². The van der Waals surface area contributed by atoms with E-state index in [0.29, 0.717) is 32.0 Å². The monoisotopic (exact) mass is 678 g/mol. The Hall–Kier alpha value is -2.09. The summed E-state index contributed by atoms with van der Waals surface area (Å²) in [6.07, 6.45) is 0. The Balaban J connectivity index is 0.00000337. The van der Waals surface area contributed by atoms with Gasteiger partial charge in [-0.2, -0.15) is 27.1 Å². The summed E-state index contributed by atoms with van der Waals surface area (Å²) in [6.45, 7) is 4.14. The third-order valence-electron chi connectivity index (χ3n) is 6.04. The second-order valence-corrected chi connectivity index (χ2v) is 12.9. The molecule has 1 heterocycles. The SMILES string of the molecule is COc1cc(S(=O)(=O)O)c(C)cc1NC(=O)C(N=Nc1ccc(-c2nc3ccc(C)c(S(=O)(=O)O)c3s2)cc1)C(C)=O.[Na].[Na]. The van der Waals surface area contributed by atoms with E-state index in [2.05, 4.69) is 20.5 Å². The fraction of sp³-hybridized carbons (Fsp3) is 0.192. The number of azo groups is 1. The fourth-order valence-electron chi connectivity index (χ4n) is 4.04. The molecule has 44 heavy (non-hydrogen) atoms. The van der Waals surface area contributed by atoms with Crippen molar-refractivity contribution in [2.24, 2.45) is 10.2 Å². The Kier molecular flexibility index (Phi) is 13.0. The molecule has 13 nitrogen and oxygen atoms in total. The van der Waals surface area contributed by atoms with Gasteiger partial charge >= 0.3 is 0 Å². The molecule has 18 heteroatoms. The molecule has 4 rings (SSSR count). The zero-order chi connectivity index (χ0) is 31.0. The number of benzene rings is 3. The van der Waals surface area contributed by atoms with E-state index in [-0.39, 0.29) is 81.0 Å². The van der Waals surface area contributed by atoms with Crippen LogP contribution in [0, 0.1) is 13.8 Å².